The van der Waals surface area contributed by atoms with Gasteiger partial charge in [-0.3, -0.25) is 9.59 Å². The van der Waals surface area contributed by atoms with Gasteiger partial charge in [-0.05, 0) is 43.5 Å². The molecule has 2 aromatic rings. The smallest absolute Gasteiger partial charge is 0.246 e. The molecule has 136 valence electrons. The first kappa shape index (κ1) is 17.8. The Bertz CT molecular complexity index is 823. The molecule has 0 radical (unpaired) electrons. The number of benzene rings is 1. The average molecular weight is 357 g/mol. The summed E-state index contributed by atoms with van der Waals surface area (Å²) < 4.78 is 18.1. The number of carbonyl (C=O) groups excluding carboxylic acids is 2. The van der Waals surface area contributed by atoms with Crippen LogP contribution in [0.25, 0.3) is 6.08 Å². The van der Waals surface area contributed by atoms with E-state index in [4.69, 9.17) is 4.52 Å². The third-order valence-corrected chi connectivity index (χ3v) is 4.32. The maximum atomic E-state index is 13.1. The quantitative estimate of drug-likeness (QED) is 0.854. The Morgan fingerprint density at radius 3 is 2.73 bits per heavy atom. The fourth-order valence-corrected chi connectivity index (χ4v) is 2.90. The predicted molar refractivity (Wildman–Crippen MR) is 94.6 cm³/mol. The van der Waals surface area contributed by atoms with Crippen molar-refractivity contribution in [2.75, 3.05) is 18.4 Å². The molecule has 7 heteroatoms. The molecule has 1 aromatic heterocycles. The number of hydrogen-bond donors (Lipinski definition) is 1. The molecule has 0 aliphatic carbocycles. The standard InChI is InChI=1S/C19H20FN3O3/c1-13-11-17(22-26-13)21-19(25)15-7-9-23(10-8-15)18(24)6-5-14-3-2-4-16(20)12-14/h2-6,11-12,15H,7-10H2,1H3,(H,21,22,25)/b6-5+. The van der Waals surface area contributed by atoms with Gasteiger partial charge in [0, 0.05) is 31.1 Å². The van der Waals surface area contributed by atoms with Crippen LogP contribution in [0.3, 0.4) is 0 Å². The lowest BCUT2D eigenvalue weighted by atomic mass is 9.96. The van der Waals surface area contributed by atoms with Crippen LogP contribution < -0.4 is 5.32 Å². The minimum Gasteiger partial charge on any atom is -0.360 e. The van der Waals surface area contributed by atoms with Crippen molar-refractivity contribution in [2.24, 2.45) is 5.92 Å². The maximum absolute atomic E-state index is 13.1. The SMILES string of the molecule is Cc1cc(NC(=O)C2CCN(C(=O)/C=C/c3cccc(F)c3)CC2)no1. The maximum Gasteiger partial charge on any atom is 0.246 e. The van der Waals surface area contributed by atoms with E-state index in [9.17, 15) is 14.0 Å². The van der Waals surface area contributed by atoms with E-state index in [0.717, 1.165) is 0 Å². The minimum atomic E-state index is -0.339. The summed E-state index contributed by atoms with van der Waals surface area (Å²) in [4.78, 5) is 26.2. The number of anilines is 1. The predicted octanol–water partition coefficient (Wildman–Crippen LogP) is 3.01. The van der Waals surface area contributed by atoms with Gasteiger partial charge in [-0.1, -0.05) is 17.3 Å². The molecule has 0 bridgehead atoms. The van der Waals surface area contributed by atoms with E-state index in [-0.39, 0.29) is 23.5 Å². The Morgan fingerprint density at radius 2 is 2.08 bits per heavy atom. The van der Waals surface area contributed by atoms with E-state index in [2.05, 4.69) is 10.5 Å². The number of amides is 2. The second kappa shape index (κ2) is 7.95. The summed E-state index contributed by atoms with van der Waals surface area (Å²) in [6.45, 7) is 2.76. The number of nitrogens with one attached hydrogen (secondary N) is 1. The van der Waals surface area contributed by atoms with Crippen molar-refractivity contribution in [3.05, 3.63) is 53.5 Å². The second-order valence-electron chi connectivity index (χ2n) is 6.30. The monoisotopic (exact) mass is 357 g/mol. The molecule has 1 saturated heterocycles. The molecule has 0 saturated carbocycles. The summed E-state index contributed by atoms with van der Waals surface area (Å²) in [7, 11) is 0. The lowest BCUT2D eigenvalue weighted by molar-refractivity contribution is -0.130. The van der Waals surface area contributed by atoms with E-state index in [1.807, 2.05) is 0 Å². The zero-order chi connectivity index (χ0) is 18.5. The topological polar surface area (TPSA) is 75.4 Å². The Balaban J connectivity index is 1.49. The van der Waals surface area contributed by atoms with Gasteiger partial charge in [-0.25, -0.2) is 4.39 Å². The number of aryl methyl sites for hydroxylation is 1. The van der Waals surface area contributed by atoms with Crippen molar-refractivity contribution in [1.82, 2.24) is 10.1 Å². The Morgan fingerprint density at radius 1 is 1.31 bits per heavy atom. The van der Waals surface area contributed by atoms with Crippen molar-refractivity contribution in [2.45, 2.75) is 19.8 Å². The highest BCUT2D eigenvalue weighted by Crippen LogP contribution is 2.20. The number of aromatic nitrogens is 1. The molecule has 1 aliphatic heterocycles. The first-order valence-electron chi connectivity index (χ1n) is 8.48. The molecule has 2 heterocycles. The normalized spacial score (nSPS) is 15.4. The number of rotatable bonds is 4. The first-order valence-corrected chi connectivity index (χ1v) is 8.48. The van der Waals surface area contributed by atoms with Crippen LogP contribution in [-0.2, 0) is 9.59 Å². The van der Waals surface area contributed by atoms with Crippen LogP contribution in [0.4, 0.5) is 10.2 Å². The van der Waals surface area contributed by atoms with Crippen LogP contribution in [0.1, 0.15) is 24.2 Å². The largest absolute Gasteiger partial charge is 0.360 e. The Labute approximate surface area is 150 Å². The van der Waals surface area contributed by atoms with Gasteiger partial charge in [-0.2, -0.15) is 0 Å². The van der Waals surface area contributed by atoms with Gasteiger partial charge < -0.3 is 14.7 Å². The minimum absolute atomic E-state index is 0.110. The molecule has 0 spiro atoms. The zero-order valence-corrected chi connectivity index (χ0v) is 14.4. The summed E-state index contributed by atoms with van der Waals surface area (Å²) in [5, 5.41) is 6.48. The van der Waals surface area contributed by atoms with Crippen molar-refractivity contribution >= 4 is 23.7 Å². The van der Waals surface area contributed by atoms with Gasteiger partial charge in [0.05, 0.1) is 0 Å². The van der Waals surface area contributed by atoms with Crippen molar-refractivity contribution in [1.29, 1.82) is 0 Å². The molecule has 2 amide bonds. The Hall–Kier alpha value is -2.96. The highest BCUT2D eigenvalue weighted by Gasteiger charge is 2.27. The van der Waals surface area contributed by atoms with Gasteiger partial charge in [-0.15, -0.1) is 0 Å². The molecule has 0 unspecified atom stereocenters. The van der Waals surface area contributed by atoms with E-state index in [0.29, 0.717) is 43.1 Å². The van der Waals surface area contributed by atoms with E-state index in [1.54, 1.807) is 36.1 Å². The Kier molecular flexibility index (Phi) is 5.46. The molecule has 26 heavy (non-hydrogen) atoms. The fraction of sp³-hybridized carbons (Fsp3) is 0.316. The zero-order valence-electron chi connectivity index (χ0n) is 14.4. The summed E-state index contributed by atoms with van der Waals surface area (Å²) >= 11 is 0. The number of piperidine rings is 1. The van der Waals surface area contributed by atoms with Crippen molar-refractivity contribution in [3.63, 3.8) is 0 Å². The molecule has 3 rings (SSSR count). The van der Waals surface area contributed by atoms with E-state index < -0.39 is 0 Å². The third kappa shape index (κ3) is 4.56. The lowest BCUT2D eigenvalue weighted by Gasteiger charge is -2.30. The number of likely N-dealkylation sites (tertiary alicyclic amines) is 1. The van der Waals surface area contributed by atoms with Crippen LogP contribution in [0, 0.1) is 18.7 Å². The van der Waals surface area contributed by atoms with Gasteiger partial charge in [0.15, 0.2) is 5.82 Å². The highest BCUT2D eigenvalue weighted by atomic mass is 19.1. The van der Waals surface area contributed by atoms with Crippen molar-refractivity contribution < 1.29 is 18.5 Å². The molecular formula is C19H20FN3O3. The summed E-state index contributed by atoms with van der Waals surface area (Å²) in [5.74, 6) is 0.285. The summed E-state index contributed by atoms with van der Waals surface area (Å²) in [6, 6.07) is 7.71. The van der Waals surface area contributed by atoms with Crippen LogP contribution in [0.2, 0.25) is 0 Å². The molecule has 1 aromatic carbocycles. The van der Waals surface area contributed by atoms with Crippen LogP contribution in [0.5, 0.6) is 0 Å². The second-order valence-corrected chi connectivity index (χ2v) is 6.30. The van der Waals surface area contributed by atoms with Crippen molar-refractivity contribution in [3.8, 4) is 0 Å². The third-order valence-electron chi connectivity index (χ3n) is 4.32. The number of carbonyl (C=O) groups is 2. The highest BCUT2D eigenvalue weighted by molar-refractivity contribution is 5.93. The van der Waals surface area contributed by atoms with E-state index >= 15 is 0 Å². The van der Waals surface area contributed by atoms with Gasteiger partial charge in [0.2, 0.25) is 11.8 Å². The number of hydrogen-bond acceptors (Lipinski definition) is 4. The van der Waals surface area contributed by atoms with Gasteiger partial charge >= 0.3 is 0 Å². The number of halogens is 1. The number of nitrogens with zero attached hydrogens (tertiary/aromatic N) is 2. The molecular weight excluding hydrogens is 337 g/mol. The summed E-state index contributed by atoms with van der Waals surface area (Å²) in [6.07, 6.45) is 4.20. The van der Waals surface area contributed by atoms with Crippen LogP contribution >= 0.6 is 0 Å². The van der Waals surface area contributed by atoms with E-state index in [1.165, 1.54) is 18.2 Å². The lowest BCUT2D eigenvalue weighted by Crippen LogP contribution is -2.40. The van der Waals surface area contributed by atoms with Crippen LogP contribution in [0.15, 0.2) is 40.9 Å². The molecule has 0 atom stereocenters. The molecule has 6 nitrogen and oxygen atoms in total. The summed E-state index contributed by atoms with van der Waals surface area (Å²) in [5.41, 5.74) is 0.635. The van der Waals surface area contributed by atoms with Gasteiger partial charge in [0.25, 0.3) is 0 Å². The molecule has 1 N–H and O–H groups in total. The van der Waals surface area contributed by atoms with Crippen LogP contribution in [-0.4, -0.2) is 35.0 Å². The van der Waals surface area contributed by atoms with Gasteiger partial charge in [0.1, 0.15) is 11.6 Å². The first-order chi connectivity index (χ1) is 12.5. The fourth-order valence-electron chi connectivity index (χ4n) is 2.90. The average Bonchev–Trinajstić information content (AvgIpc) is 3.04. The molecule has 1 aliphatic rings. The molecule has 1 fully saturated rings.